The van der Waals surface area contributed by atoms with Crippen LogP contribution in [0.3, 0.4) is 0 Å². The number of hydrogen-bond acceptors (Lipinski definition) is 4. The molecule has 2 saturated carbocycles. The van der Waals surface area contributed by atoms with E-state index < -0.39 is 11.6 Å². The lowest BCUT2D eigenvalue weighted by molar-refractivity contribution is -0.137. The van der Waals surface area contributed by atoms with E-state index in [4.69, 9.17) is 21.7 Å². The summed E-state index contributed by atoms with van der Waals surface area (Å²) in [6.07, 6.45) is 5.63. The van der Waals surface area contributed by atoms with Crippen molar-refractivity contribution < 1.29 is 19.5 Å². The minimum absolute atomic E-state index is 0.0380. The number of carbonyl (C=O) groups is 3. The fourth-order valence-corrected chi connectivity index (χ4v) is 6.48. The maximum atomic E-state index is 14.3. The first-order chi connectivity index (χ1) is 19.0. The number of aliphatic carboxylic acids is 1. The van der Waals surface area contributed by atoms with Gasteiger partial charge in [-0.05, 0) is 85.6 Å². The van der Waals surface area contributed by atoms with E-state index in [1.807, 2.05) is 24.3 Å². The van der Waals surface area contributed by atoms with Crippen LogP contribution >= 0.6 is 11.6 Å². The van der Waals surface area contributed by atoms with E-state index in [1.165, 1.54) is 0 Å². The summed E-state index contributed by atoms with van der Waals surface area (Å²) in [7, 11) is 0. The molecule has 212 valence electrons. The SMILES string of the molecule is CC(C)(C)C1CCC2(CC1)N=C(c1ccc(Cl)cc1)C(=O)N2[C@@H](c1ccc(C(=O)NCCC(=O)O)cc1)C1CC1. The Morgan fingerprint density at radius 2 is 1.68 bits per heavy atom. The smallest absolute Gasteiger partial charge is 0.305 e. The van der Waals surface area contributed by atoms with E-state index in [1.54, 1.807) is 24.3 Å². The van der Waals surface area contributed by atoms with Gasteiger partial charge in [0.1, 0.15) is 11.4 Å². The van der Waals surface area contributed by atoms with Gasteiger partial charge in [-0.25, -0.2) is 0 Å². The molecule has 0 unspecified atom stereocenters. The zero-order valence-electron chi connectivity index (χ0n) is 23.5. The lowest BCUT2D eigenvalue weighted by Crippen LogP contribution is -2.52. The number of nitrogens with one attached hydrogen (secondary N) is 1. The monoisotopic (exact) mass is 563 g/mol. The number of halogens is 1. The first-order valence-electron chi connectivity index (χ1n) is 14.3. The summed E-state index contributed by atoms with van der Waals surface area (Å²) in [5, 5.41) is 12.1. The van der Waals surface area contributed by atoms with Gasteiger partial charge in [-0.1, -0.05) is 56.6 Å². The zero-order chi connectivity index (χ0) is 28.7. The number of carbonyl (C=O) groups excluding carboxylic acids is 2. The predicted molar refractivity (Wildman–Crippen MR) is 155 cm³/mol. The summed E-state index contributed by atoms with van der Waals surface area (Å²) < 4.78 is 0. The summed E-state index contributed by atoms with van der Waals surface area (Å²) >= 11 is 6.15. The molecule has 1 atom stereocenters. The summed E-state index contributed by atoms with van der Waals surface area (Å²) in [6, 6.07) is 14.7. The maximum absolute atomic E-state index is 14.3. The van der Waals surface area contributed by atoms with E-state index in [9.17, 15) is 14.4 Å². The largest absolute Gasteiger partial charge is 0.481 e. The van der Waals surface area contributed by atoms with Gasteiger partial charge in [0.05, 0.1) is 12.5 Å². The quantitative estimate of drug-likeness (QED) is 0.396. The third-order valence-corrected chi connectivity index (χ3v) is 9.06. The van der Waals surface area contributed by atoms with Crippen LogP contribution in [0.25, 0.3) is 0 Å². The third kappa shape index (κ3) is 5.80. The standard InChI is InChI=1S/C32H38ClN3O4/c1-31(2,3)24-14-17-32(18-15-24)35-27(20-10-12-25(33)13-11-20)30(40)36(32)28(21-4-5-21)22-6-8-23(9-7-22)29(39)34-19-16-26(37)38/h6-13,21,24,28H,4-5,14-19H2,1-3H3,(H,34,39)(H,37,38)/t24?,28-,32?/m1/s1. The number of hydrogen-bond donors (Lipinski definition) is 2. The second-order valence-corrected chi connectivity index (χ2v) is 13.0. The normalized spacial score (nSPS) is 23.7. The van der Waals surface area contributed by atoms with Gasteiger partial charge in [0, 0.05) is 22.7 Å². The Kier molecular flexibility index (Phi) is 7.79. The Balaban J connectivity index is 1.46. The van der Waals surface area contributed by atoms with E-state index in [0.29, 0.717) is 28.1 Å². The maximum Gasteiger partial charge on any atom is 0.305 e. The Hall–Kier alpha value is -3.19. The molecule has 1 heterocycles. The minimum Gasteiger partial charge on any atom is -0.481 e. The van der Waals surface area contributed by atoms with Crippen molar-refractivity contribution in [3.63, 3.8) is 0 Å². The van der Waals surface area contributed by atoms with Gasteiger partial charge in [-0.15, -0.1) is 0 Å². The van der Waals surface area contributed by atoms with E-state index >= 15 is 0 Å². The number of nitrogens with zero attached hydrogens (tertiary/aromatic N) is 2. The fourth-order valence-electron chi connectivity index (χ4n) is 6.35. The molecule has 0 saturated heterocycles. The van der Waals surface area contributed by atoms with E-state index in [2.05, 4.69) is 31.0 Å². The second-order valence-electron chi connectivity index (χ2n) is 12.6. The van der Waals surface area contributed by atoms with E-state index in [-0.39, 0.29) is 36.2 Å². The molecule has 7 nitrogen and oxygen atoms in total. The molecule has 40 heavy (non-hydrogen) atoms. The zero-order valence-corrected chi connectivity index (χ0v) is 24.2. The average molecular weight is 564 g/mol. The molecule has 2 aromatic carbocycles. The predicted octanol–water partition coefficient (Wildman–Crippen LogP) is 6.26. The number of carboxylic acid groups (broad SMARTS) is 1. The Morgan fingerprint density at radius 1 is 1.05 bits per heavy atom. The Bertz CT molecular complexity index is 1300. The first-order valence-corrected chi connectivity index (χ1v) is 14.7. The number of rotatable bonds is 8. The number of amides is 2. The van der Waals surface area contributed by atoms with Crippen LogP contribution < -0.4 is 5.32 Å². The van der Waals surface area contributed by atoms with Crippen LogP contribution in [0.5, 0.6) is 0 Å². The molecule has 1 aliphatic heterocycles. The van der Waals surface area contributed by atoms with Crippen LogP contribution in [0.1, 0.15) is 93.2 Å². The van der Waals surface area contributed by atoms with Crippen molar-refractivity contribution in [3.8, 4) is 0 Å². The van der Waals surface area contributed by atoms with Crippen LogP contribution in [0.4, 0.5) is 0 Å². The third-order valence-electron chi connectivity index (χ3n) is 8.80. The highest BCUT2D eigenvalue weighted by atomic mass is 35.5. The number of aliphatic imine (C=N–C) groups is 1. The summed E-state index contributed by atoms with van der Waals surface area (Å²) in [5.74, 6) is -0.384. The lowest BCUT2D eigenvalue weighted by Gasteiger charge is -2.47. The van der Waals surface area contributed by atoms with Crippen molar-refractivity contribution in [2.75, 3.05) is 6.54 Å². The molecule has 1 spiro atoms. The molecule has 2 aliphatic carbocycles. The topological polar surface area (TPSA) is 99.1 Å². The molecule has 2 N–H and O–H groups in total. The molecule has 2 aromatic rings. The molecular formula is C32H38ClN3O4. The molecular weight excluding hydrogens is 526 g/mol. The van der Waals surface area contributed by atoms with Gasteiger partial charge >= 0.3 is 5.97 Å². The highest BCUT2D eigenvalue weighted by Gasteiger charge is 2.55. The van der Waals surface area contributed by atoms with Crippen molar-refractivity contribution in [1.29, 1.82) is 0 Å². The first kappa shape index (κ1) is 28.3. The molecule has 0 aromatic heterocycles. The van der Waals surface area contributed by atoms with Crippen LogP contribution in [0, 0.1) is 17.3 Å². The average Bonchev–Trinajstić information content (AvgIpc) is 3.71. The van der Waals surface area contributed by atoms with Crippen LogP contribution in [0.15, 0.2) is 53.5 Å². The second kappa shape index (κ2) is 11.0. The molecule has 0 bridgehead atoms. The van der Waals surface area contributed by atoms with Crippen molar-refractivity contribution in [3.05, 3.63) is 70.2 Å². The minimum atomic E-state index is -0.955. The molecule has 5 rings (SSSR count). The van der Waals surface area contributed by atoms with Crippen molar-refractivity contribution in [2.45, 2.75) is 77.4 Å². The van der Waals surface area contributed by atoms with Crippen LogP contribution in [-0.2, 0) is 9.59 Å². The van der Waals surface area contributed by atoms with Gasteiger partial charge in [-0.2, -0.15) is 0 Å². The number of benzene rings is 2. The molecule has 0 radical (unpaired) electrons. The van der Waals surface area contributed by atoms with E-state index in [0.717, 1.165) is 49.7 Å². The fraction of sp³-hybridized carbons (Fsp3) is 0.500. The van der Waals surface area contributed by atoms with Gasteiger partial charge < -0.3 is 15.3 Å². The lowest BCUT2D eigenvalue weighted by atomic mass is 9.69. The Labute approximate surface area is 241 Å². The molecule has 3 aliphatic rings. The molecule has 8 heteroatoms. The summed E-state index contributed by atoms with van der Waals surface area (Å²) in [4.78, 5) is 44.9. The van der Waals surface area contributed by atoms with Gasteiger partial charge in [-0.3, -0.25) is 19.4 Å². The van der Waals surface area contributed by atoms with Crippen molar-refractivity contribution >= 4 is 35.1 Å². The van der Waals surface area contributed by atoms with Gasteiger partial charge in [0.2, 0.25) is 0 Å². The summed E-state index contributed by atoms with van der Waals surface area (Å²) in [6.45, 7) is 6.96. The van der Waals surface area contributed by atoms with Crippen LogP contribution in [-0.4, -0.2) is 45.7 Å². The van der Waals surface area contributed by atoms with Crippen molar-refractivity contribution in [2.24, 2.45) is 22.2 Å². The van der Waals surface area contributed by atoms with Crippen molar-refractivity contribution in [1.82, 2.24) is 10.2 Å². The van der Waals surface area contributed by atoms with Gasteiger partial charge in [0.25, 0.3) is 11.8 Å². The summed E-state index contributed by atoms with van der Waals surface area (Å²) in [5.41, 5.74) is 2.38. The molecule has 2 fully saturated rings. The molecule has 2 amide bonds. The highest BCUT2D eigenvalue weighted by molar-refractivity contribution is 6.47. The highest BCUT2D eigenvalue weighted by Crippen LogP contribution is 2.54. The Morgan fingerprint density at radius 3 is 2.23 bits per heavy atom. The van der Waals surface area contributed by atoms with Gasteiger partial charge in [0.15, 0.2) is 0 Å². The number of carboxylic acids is 1. The van der Waals surface area contributed by atoms with Crippen LogP contribution in [0.2, 0.25) is 5.02 Å².